The fourth-order valence-electron chi connectivity index (χ4n) is 3.54. The number of amides is 2. The predicted molar refractivity (Wildman–Crippen MR) is 133 cm³/mol. The quantitative estimate of drug-likeness (QED) is 0.249. The van der Waals surface area contributed by atoms with Crippen molar-refractivity contribution in [3.05, 3.63) is 54.4 Å². The van der Waals surface area contributed by atoms with Gasteiger partial charge in [-0.3, -0.25) is 29.4 Å². The summed E-state index contributed by atoms with van der Waals surface area (Å²) in [6.07, 6.45) is 11.1. The summed E-state index contributed by atoms with van der Waals surface area (Å²) in [4.78, 5) is 43.2. The summed E-state index contributed by atoms with van der Waals surface area (Å²) in [5.74, 6) is -1.88. The van der Waals surface area contributed by atoms with E-state index in [9.17, 15) is 14.0 Å². The fourth-order valence-corrected chi connectivity index (χ4v) is 3.54. The van der Waals surface area contributed by atoms with Crippen LogP contribution in [0.1, 0.15) is 30.7 Å². The third-order valence-electron chi connectivity index (χ3n) is 5.27. The van der Waals surface area contributed by atoms with Gasteiger partial charge in [0.05, 0.1) is 53.5 Å². The van der Waals surface area contributed by atoms with Gasteiger partial charge in [-0.15, -0.1) is 0 Å². The van der Waals surface area contributed by atoms with Crippen LogP contribution in [0, 0.1) is 5.95 Å². The van der Waals surface area contributed by atoms with E-state index in [1.165, 1.54) is 37.1 Å². The molecule has 2 aromatic rings. The zero-order chi connectivity index (χ0) is 25.2. The molecule has 1 aliphatic heterocycles. The lowest BCUT2D eigenvalue weighted by Gasteiger charge is -2.25. The van der Waals surface area contributed by atoms with Crippen LogP contribution in [0.15, 0.2) is 42.0 Å². The molecule has 3 rings (SSSR count). The minimum absolute atomic E-state index is 0.0366. The third kappa shape index (κ3) is 6.90. The number of aliphatic imine (C=N–C) groups is 1. The number of nitrogens with zero attached hydrogens (tertiary/aromatic N) is 5. The van der Waals surface area contributed by atoms with Crippen LogP contribution in [0.3, 0.4) is 0 Å². The first-order chi connectivity index (χ1) is 16.9. The Balaban J connectivity index is 1.69. The summed E-state index contributed by atoms with van der Waals surface area (Å²) in [5, 5.41) is 5.11. The highest BCUT2D eigenvalue weighted by Crippen LogP contribution is 2.20. The summed E-state index contributed by atoms with van der Waals surface area (Å²) in [5.41, 5.74) is 12.4. The molecule has 0 aliphatic carbocycles. The molecule has 1 saturated heterocycles. The van der Waals surface area contributed by atoms with Crippen molar-refractivity contribution >= 4 is 40.5 Å². The maximum Gasteiger partial charge on any atom is 0.259 e. The van der Waals surface area contributed by atoms with Gasteiger partial charge in [-0.1, -0.05) is 6.42 Å². The molecule has 0 saturated carbocycles. The highest BCUT2D eigenvalue weighted by atomic mass is 19.1. The van der Waals surface area contributed by atoms with Crippen LogP contribution >= 0.6 is 0 Å². The second-order valence-corrected chi connectivity index (χ2v) is 7.78. The number of likely N-dealkylation sites (tertiary alicyclic amines) is 1. The molecule has 1 aliphatic rings. The molecule has 6 N–H and O–H groups in total. The number of allylic oxidation sites excluding steroid dienone is 1. The van der Waals surface area contributed by atoms with Crippen LogP contribution in [0.2, 0.25) is 0 Å². The molecule has 3 heterocycles. The number of nitrogens with two attached hydrogens (primary N) is 2. The van der Waals surface area contributed by atoms with Crippen molar-refractivity contribution < 1.29 is 14.0 Å². The van der Waals surface area contributed by atoms with Crippen LogP contribution in [0.25, 0.3) is 11.1 Å². The van der Waals surface area contributed by atoms with Crippen LogP contribution < -0.4 is 22.1 Å². The van der Waals surface area contributed by atoms with Crippen LogP contribution in [0.4, 0.5) is 15.8 Å². The van der Waals surface area contributed by atoms with Crippen molar-refractivity contribution in [1.29, 1.82) is 0 Å². The van der Waals surface area contributed by atoms with Crippen LogP contribution in [0.5, 0.6) is 0 Å². The number of nitrogens with one attached hydrogen (secondary N) is 2. The van der Waals surface area contributed by atoms with Gasteiger partial charge >= 0.3 is 0 Å². The third-order valence-corrected chi connectivity index (χ3v) is 5.27. The van der Waals surface area contributed by atoms with E-state index >= 15 is 0 Å². The van der Waals surface area contributed by atoms with Gasteiger partial charge in [-0.25, -0.2) is 4.98 Å². The van der Waals surface area contributed by atoms with E-state index in [-0.39, 0.29) is 35.1 Å². The van der Waals surface area contributed by atoms with Gasteiger partial charge in [0.1, 0.15) is 0 Å². The summed E-state index contributed by atoms with van der Waals surface area (Å²) in [6.45, 7) is 1.97. The van der Waals surface area contributed by atoms with Gasteiger partial charge in [0.25, 0.3) is 5.91 Å². The first-order valence-corrected chi connectivity index (χ1v) is 11.0. The Morgan fingerprint density at radius 3 is 2.40 bits per heavy atom. The number of piperidine rings is 1. The molecule has 0 radical (unpaired) electrons. The molecule has 1 fully saturated rings. The Morgan fingerprint density at radius 2 is 1.77 bits per heavy atom. The maximum atomic E-state index is 14.3. The Morgan fingerprint density at radius 1 is 1.06 bits per heavy atom. The number of rotatable bonds is 8. The van der Waals surface area contributed by atoms with Gasteiger partial charge < -0.3 is 22.1 Å². The van der Waals surface area contributed by atoms with Crippen molar-refractivity contribution in [2.24, 2.45) is 16.5 Å². The van der Waals surface area contributed by atoms with Gasteiger partial charge in [-0.2, -0.15) is 4.39 Å². The maximum absolute atomic E-state index is 14.3. The van der Waals surface area contributed by atoms with Crippen molar-refractivity contribution in [1.82, 2.24) is 19.9 Å². The molecule has 0 unspecified atom stereocenters. The minimum Gasteiger partial charge on any atom is -0.404 e. The number of halogens is 1. The molecule has 11 nitrogen and oxygen atoms in total. The number of anilines is 2. The van der Waals surface area contributed by atoms with E-state index in [4.69, 9.17) is 11.5 Å². The number of carbonyl (C=O) groups excluding carboxylic acids is 2. The second-order valence-electron chi connectivity index (χ2n) is 7.78. The van der Waals surface area contributed by atoms with E-state index in [0.717, 1.165) is 38.6 Å². The van der Waals surface area contributed by atoms with Crippen molar-refractivity contribution in [2.45, 2.75) is 19.3 Å². The molecule has 35 heavy (non-hydrogen) atoms. The number of hydrogen-bond donors (Lipinski definition) is 4. The molecule has 2 amide bonds. The number of aromatic nitrogens is 3. The van der Waals surface area contributed by atoms with Crippen LogP contribution in [-0.4, -0.2) is 64.6 Å². The van der Waals surface area contributed by atoms with Gasteiger partial charge in [-0.05, 0) is 32.0 Å². The van der Waals surface area contributed by atoms with E-state index in [1.807, 2.05) is 0 Å². The smallest absolute Gasteiger partial charge is 0.259 e. The Labute approximate surface area is 202 Å². The molecule has 0 atom stereocenters. The number of carbonyl (C=O) groups is 2. The van der Waals surface area contributed by atoms with Crippen LogP contribution in [-0.2, 0) is 9.59 Å². The van der Waals surface area contributed by atoms with Gasteiger partial charge in [0.15, 0.2) is 0 Å². The lowest BCUT2D eigenvalue weighted by atomic mass is 10.1. The summed E-state index contributed by atoms with van der Waals surface area (Å²) in [7, 11) is 1.59. The molecule has 12 heteroatoms. The number of pyridine rings is 1. The average Bonchev–Trinajstić information content (AvgIpc) is 2.86. The molecular formula is C23H28FN9O2. The first-order valence-electron chi connectivity index (χ1n) is 11.0. The fraction of sp³-hybridized carbons (Fsp3) is 0.304. The van der Waals surface area contributed by atoms with Crippen molar-refractivity contribution in [3.8, 4) is 0 Å². The van der Waals surface area contributed by atoms with E-state index in [1.54, 1.807) is 7.05 Å². The van der Waals surface area contributed by atoms with Crippen molar-refractivity contribution in [2.75, 3.05) is 37.3 Å². The standard InChI is InChI=1S/C23H28FN9O2/c1-27-10-15(8-25)19-12-29-20(13-28-19)17(9-26)23(35)32-18-7-16(11-30-22(18)24)31-21(34)14-33-5-3-2-4-6-33/h7-13H,2-6,14,25-26H2,1H3,(H,31,34)(H,32,35)/b15-8+,17-9+,27-10?. The Hall–Kier alpha value is -4.19. The van der Waals surface area contributed by atoms with E-state index in [0.29, 0.717) is 11.3 Å². The number of hydrogen-bond acceptors (Lipinski definition) is 9. The molecule has 0 aromatic carbocycles. The Bertz CT molecular complexity index is 1140. The molecule has 0 spiro atoms. The topological polar surface area (TPSA) is 165 Å². The monoisotopic (exact) mass is 481 g/mol. The normalized spacial score (nSPS) is 15.3. The van der Waals surface area contributed by atoms with E-state index < -0.39 is 11.9 Å². The van der Waals surface area contributed by atoms with Crippen molar-refractivity contribution in [3.63, 3.8) is 0 Å². The SMILES string of the molecule is CN=C/C(=C\N)c1cnc(/C(=C\N)C(=O)Nc2cc(NC(=O)CN3CCCCC3)cnc2F)cn1. The molecule has 184 valence electrons. The zero-order valence-electron chi connectivity index (χ0n) is 19.4. The average molecular weight is 482 g/mol. The molecule has 2 aromatic heterocycles. The summed E-state index contributed by atoms with van der Waals surface area (Å²) >= 11 is 0. The van der Waals surface area contributed by atoms with Gasteiger partial charge in [0, 0.05) is 31.2 Å². The van der Waals surface area contributed by atoms with Gasteiger partial charge in [0.2, 0.25) is 11.9 Å². The molecular weight excluding hydrogens is 453 g/mol. The minimum atomic E-state index is -0.915. The summed E-state index contributed by atoms with van der Waals surface area (Å²) in [6, 6.07) is 1.29. The lowest BCUT2D eigenvalue weighted by Crippen LogP contribution is -2.36. The zero-order valence-corrected chi connectivity index (χ0v) is 19.4. The summed E-state index contributed by atoms with van der Waals surface area (Å²) < 4.78 is 14.3. The highest BCUT2D eigenvalue weighted by molar-refractivity contribution is 6.24. The second kappa shape index (κ2) is 12.3. The predicted octanol–water partition coefficient (Wildman–Crippen LogP) is 1.37. The largest absolute Gasteiger partial charge is 0.404 e. The first kappa shape index (κ1) is 25.4. The lowest BCUT2D eigenvalue weighted by molar-refractivity contribution is -0.117. The Kier molecular flexibility index (Phi) is 8.95. The highest BCUT2D eigenvalue weighted by Gasteiger charge is 2.18. The molecule has 0 bridgehead atoms. The van der Waals surface area contributed by atoms with E-state index in [2.05, 4.69) is 35.5 Å².